The van der Waals surface area contributed by atoms with Gasteiger partial charge in [0.2, 0.25) is 0 Å². The molecule has 0 unspecified atom stereocenters. The zero-order chi connectivity index (χ0) is 13.1. The van der Waals surface area contributed by atoms with Crippen molar-refractivity contribution in [3.8, 4) is 0 Å². The first kappa shape index (κ1) is 14.3. The Hall–Kier alpha value is -0.810. The van der Waals surface area contributed by atoms with Gasteiger partial charge in [0.15, 0.2) is 0 Å². The summed E-state index contributed by atoms with van der Waals surface area (Å²) in [6.45, 7) is 9.73. The zero-order valence-corrected chi connectivity index (χ0v) is 11.4. The lowest BCUT2D eigenvalue weighted by atomic mass is 10.2. The van der Waals surface area contributed by atoms with Gasteiger partial charge in [0.05, 0.1) is 39.8 Å². The number of hydrogen-bond donors (Lipinski definition) is 1. The average Bonchev–Trinajstić information content (AvgIpc) is 2.15. The Kier molecular flexibility index (Phi) is 4.38. The Bertz CT molecular complexity index is 265. The lowest BCUT2D eigenvalue weighted by molar-refractivity contribution is -0.913. The number of hydrogen-bond acceptors (Lipinski definition) is 3. The zero-order valence-electron chi connectivity index (χ0n) is 11.4. The summed E-state index contributed by atoms with van der Waals surface area (Å²) in [6, 6.07) is 0. The fraction of sp³-hybridized carbons (Fsp3) is 0.917. The third kappa shape index (κ3) is 4.52. The highest BCUT2D eigenvalue weighted by atomic mass is 16.6. The first-order valence-electron chi connectivity index (χ1n) is 6.18. The SMILES string of the molecule is CC(C)(C)OC(=O)N1CC[N+](C)(CCO)CC1. The third-order valence-corrected chi connectivity index (χ3v) is 3.11. The molecule has 5 heteroatoms. The number of amides is 1. The van der Waals surface area contributed by atoms with Crippen molar-refractivity contribution in [2.24, 2.45) is 0 Å². The minimum absolute atomic E-state index is 0.197. The molecule has 1 amide bonds. The van der Waals surface area contributed by atoms with Crippen molar-refractivity contribution < 1.29 is 19.1 Å². The molecule has 1 rings (SSSR count). The average molecular weight is 245 g/mol. The highest BCUT2D eigenvalue weighted by Gasteiger charge is 2.32. The molecule has 0 radical (unpaired) electrons. The number of aliphatic hydroxyl groups excluding tert-OH is 1. The Morgan fingerprint density at radius 1 is 1.35 bits per heavy atom. The quantitative estimate of drug-likeness (QED) is 0.728. The van der Waals surface area contributed by atoms with E-state index in [4.69, 9.17) is 9.84 Å². The minimum Gasteiger partial charge on any atom is -0.444 e. The van der Waals surface area contributed by atoms with Crippen LogP contribution in [-0.4, -0.2) is 72.6 Å². The molecule has 0 atom stereocenters. The van der Waals surface area contributed by atoms with Crippen molar-refractivity contribution in [2.45, 2.75) is 26.4 Å². The standard InChI is InChI=1S/C12H25N2O3/c1-12(2,3)17-11(16)13-5-7-14(4,8-6-13)9-10-15/h15H,5-10H2,1-4H3/q+1. The molecule has 0 aliphatic carbocycles. The summed E-state index contributed by atoms with van der Waals surface area (Å²) in [7, 11) is 2.11. The van der Waals surface area contributed by atoms with E-state index in [2.05, 4.69) is 7.05 Å². The number of carbonyl (C=O) groups excluding carboxylic acids is 1. The highest BCUT2D eigenvalue weighted by Crippen LogP contribution is 2.14. The van der Waals surface area contributed by atoms with Crippen molar-refractivity contribution in [1.29, 1.82) is 0 Å². The maximum atomic E-state index is 11.8. The smallest absolute Gasteiger partial charge is 0.410 e. The number of aliphatic hydroxyl groups is 1. The summed E-state index contributed by atoms with van der Waals surface area (Å²) in [5.74, 6) is 0. The number of likely N-dealkylation sites (N-methyl/N-ethyl adjacent to an activating group) is 1. The molecule has 5 nitrogen and oxygen atoms in total. The van der Waals surface area contributed by atoms with Gasteiger partial charge in [-0.3, -0.25) is 4.90 Å². The van der Waals surface area contributed by atoms with E-state index in [1.807, 2.05) is 20.8 Å². The normalized spacial score (nSPS) is 20.2. The molecule has 0 bridgehead atoms. The van der Waals surface area contributed by atoms with Crippen LogP contribution in [0.25, 0.3) is 0 Å². The van der Waals surface area contributed by atoms with Gasteiger partial charge in [-0.1, -0.05) is 0 Å². The molecule has 1 saturated heterocycles. The molecule has 0 aromatic heterocycles. The van der Waals surface area contributed by atoms with Crippen LogP contribution in [0.4, 0.5) is 4.79 Å². The van der Waals surface area contributed by atoms with Crippen molar-refractivity contribution in [3.05, 3.63) is 0 Å². The van der Waals surface area contributed by atoms with Crippen molar-refractivity contribution >= 4 is 6.09 Å². The summed E-state index contributed by atoms with van der Waals surface area (Å²) in [5.41, 5.74) is -0.433. The van der Waals surface area contributed by atoms with E-state index in [9.17, 15) is 4.79 Å². The van der Waals surface area contributed by atoms with Crippen LogP contribution < -0.4 is 0 Å². The Balaban J connectivity index is 2.44. The third-order valence-electron chi connectivity index (χ3n) is 3.11. The molecular weight excluding hydrogens is 220 g/mol. The van der Waals surface area contributed by atoms with E-state index in [0.29, 0.717) is 13.1 Å². The monoisotopic (exact) mass is 245 g/mol. The molecule has 1 aliphatic heterocycles. The summed E-state index contributed by atoms with van der Waals surface area (Å²) >= 11 is 0. The van der Waals surface area contributed by atoms with Gasteiger partial charge in [-0.05, 0) is 20.8 Å². The van der Waals surface area contributed by atoms with E-state index in [0.717, 1.165) is 24.1 Å². The number of piperazine rings is 1. The number of quaternary nitrogens is 1. The molecule has 1 fully saturated rings. The molecule has 100 valence electrons. The van der Waals surface area contributed by atoms with Crippen LogP contribution >= 0.6 is 0 Å². The molecule has 1 N–H and O–H groups in total. The fourth-order valence-corrected chi connectivity index (χ4v) is 1.92. The molecule has 0 aromatic carbocycles. The van der Waals surface area contributed by atoms with Gasteiger partial charge in [-0.15, -0.1) is 0 Å². The van der Waals surface area contributed by atoms with Gasteiger partial charge in [-0.25, -0.2) is 4.79 Å². The number of carbonyl (C=O) groups is 1. The minimum atomic E-state index is -0.433. The summed E-state index contributed by atoms with van der Waals surface area (Å²) in [4.78, 5) is 13.6. The lowest BCUT2D eigenvalue weighted by Crippen LogP contribution is -2.59. The Labute approximate surface area is 104 Å². The molecular formula is C12H25N2O3+. The molecule has 0 aromatic rings. The van der Waals surface area contributed by atoms with Gasteiger partial charge >= 0.3 is 6.09 Å². The van der Waals surface area contributed by atoms with Gasteiger partial charge in [0.25, 0.3) is 0 Å². The second-order valence-corrected chi connectivity index (χ2v) is 5.98. The van der Waals surface area contributed by atoms with Crippen LogP contribution in [0.5, 0.6) is 0 Å². The summed E-state index contributed by atoms with van der Waals surface area (Å²) < 4.78 is 6.17. The molecule has 0 spiro atoms. The largest absolute Gasteiger partial charge is 0.444 e. The second kappa shape index (κ2) is 5.23. The predicted molar refractivity (Wildman–Crippen MR) is 65.7 cm³/mol. The summed E-state index contributed by atoms with van der Waals surface area (Å²) in [5, 5.41) is 8.99. The van der Waals surface area contributed by atoms with Gasteiger partial charge in [0.1, 0.15) is 12.1 Å². The van der Waals surface area contributed by atoms with Crippen LogP contribution in [0, 0.1) is 0 Å². The van der Waals surface area contributed by atoms with Crippen LogP contribution in [0.15, 0.2) is 0 Å². The first-order chi connectivity index (χ1) is 7.76. The maximum Gasteiger partial charge on any atom is 0.410 e. The fourth-order valence-electron chi connectivity index (χ4n) is 1.92. The Morgan fingerprint density at radius 3 is 2.29 bits per heavy atom. The van der Waals surface area contributed by atoms with E-state index < -0.39 is 5.60 Å². The maximum absolute atomic E-state index is 11.8. The van der Waals surface area contributed by atoms with E-state index in [1.165, 1.54) is 0 Å². The van der Waals surface area contributed by atoms with Crippen molar-refractivity contribution in [2.75, 3.05) is 46.4 Å². The number of ether oxygens (including phenoxy) is 1. The van der Waals surface area contributed by atoms with Gasteiger partial charge in [-0.2, -0.15) is 0 Å². The van der Waals surface area contributed by atoms with Crippen molar-refractivity contribution in [3.63, 3.8) is 0 Å². The van der Waals surface area contributed by atoms with E-state index in [1.54, 1.807) is 4.90 Å². The number of nitrogens with zero attached hydrogens (tertiary/aromatic N) is 2. The first-order valence-corrected chi connectivity index (χ1v) is 6.18. The molecule has 1 heterocycles. The topological polar surface area (TPSA) is 49.8 Å². The highest BCUT2D eigenvalue weighted by molar-refractivity contribution is 5.68. The van der Waals surface area contributed by atoms with E-state index in [-0.39, 0.29) is 12.7 Å². The van der Waals surface area contributed by atoms with E-state index >= 15 is 0 Å². The Morgan fingerprint density at radius 2 is 1.88 bits per heavy atom. The predicted octanol–water partition coefficient (Wildman–Crippen LogP) is 0.676. The lowest BCUT2D eigenvalue weighted by Gasteiger charge is -2.41. The molecule has 0 saturated carbocycles. The van der Waals surface area contributed by atoms with Crippen LogP contribution in [0.2, 0.25) is 0 Å². The summed E-state index contributed by atoms with van der Waals surface area (Å²) in [6.07, 6.45) is -0.229. The molecule has 17 heavy (non-hydrogen) atoms. The van der Waals surface area contributed by atoms with Crippen LogP contribution in [-0.2, 0) is 4.74 Å². The number of rotatable bonds is 2. The van der Waals surface area contributed by atoms with Crippen LogP contribution in [0.1, 0.15) is 20.8 Å². The second-order valence-electron chi connectivity index (χ2n) is 5.98. The van der Waals surface area contributed by atoms with Gasteiger partial charge < -0.3 is 14.3 Å². The van der Waals surface area contributed by atoms with Crippen LogP contribution in [0.3, 0.4) is 0 Å². The van der Waals surface area contributed by atoms with Gasteiger partial charge in [0, 0.05) is 0 Å². The molecule has 1 aliphatic rings. The van der Waals surface area contributed by atoms with Crippen molar-refractivity contribution in [1.82, 2.24) is 4.90 Å².